The van der Waals surface area contributed by atoms with Crippen LogP contribution < -0.4 is 16.0 Å². The lowest BCUT2D eigenvalue weighted by Gasteiger charge is -2.35. The third-order valence-corrected chi connectivity index (χ3v) is 3.26. The molecule has 1 aliphatic rings. The highest BCUT2D eigenvalue weighted by molar-refractivity contribution is 5.86. The molecule has 0 aliphatic carbocycles. The molecule has 1 amide bonds. The average molecular weight is 263 g/mol. The third kappa shape index (κ3) is 2.94. The Morgan fingerprint density at radius 1 is 1.47 bits per heavy atom. The maximum atomic E-state index is 11.9. The number of aromatic nitrogens is 2. The van der Waals surface area contributed by atoms with Gasteiger partial charge in [-0.15, -0.1) is 0 Å². The van der Waals surface area contributed by atoms with Crippen molar-refractivity contribution in [3.63, 3.8) is 0 Å². The predicted octanol–water partition coefficient (Wildman–Crippen LogP) is 0.726. The molecule has 1 fully saturated rings. The van der Waals surface area contributed by atoms with Gasteiger partial charge in [0.1, 0.15) is 23.5 Å². The number of rotatable bonds is 4. The SMILES string of the molecule is CCCc1nc(N)cc(N2CCNC(=O)C2CC)n1. The van der Waals surface area contributed by atoms with Crippen LogP contribution in [-0.4, -0.2) is 35.0 Å². The molecule has 0 spiro atoms. The first-order chi connectivity index (χ1) is 9.15. The van der Waals surface area contributed by atoms with E-state index in [1.807, 2.05) is 11.8 Å². The highest BCUT2D eigenvalue weighted by Gasteiger charge is 2.29. The fourth-order valence-electron chi connectivity index (χ4n) is 2.38. The Bertz CT molecular complexity index is 462. The smallest absolute Gasteiger partial charge is 0.242 e. The highest BCUT2D eigenvalue weighted by Crippen LogP contribution is 2.20. The Kier molecular flexibility index (Phi) is 4.19. The summed E-state index contributed by atoms with van der Waals surface area (Å²) in [6.07, 6.45) is 2.52. The number of hydrogen-bond donors (Lipinski definition) is 2. The zero-order valence-corrected chi connectivity index (χ0v) is 11.5. The van der Waals surface area contributed by atoms with Crippen molar-refractivity contribution in [2.75, 3.05) is 23.7 Å². The van der Waals surface area contributed by atoms with E-state index in [4.69, 9.17) is 5.73 Å². The molecule has 6 nitrogen and oxygen atoms in total. The van der Waals surface area contributed by atoms with E-state index in [2.05, 4.69) is 22.2 Å². The summed E-state index contributed by atoms with van der Waals surface area (Å²) in [5.74, 6) is 2.04. The monoisotopic (exact) mass is 263 g/mol. The van der Waals surface area contributed by atoms with Crippen LogP contribution >= 0.6 is 0 Å². The Hall–Kier alpha value is -1.85. The van der Waals surface area contributed by atoms with Gasteiger partial charge in [-0.1, -0.05) is 13.8 Å². The third-order valence-electron chi connectivity index (χ3n) is 3.26. The largest absolute Gasteiger partial charge is 0.384 e. The van der Waals surface area contributed by atoms with Gasteiger partial charge in [0.15, 0.2) is 0 Å². The number of amides is 1. The maximum absolute atomic E-state index is 11.9. The summed E-state index contributed by atoms with van der Waals surface area (Å²) in [5, 5.41) is 2.88. The Morgan fingerprint density at radius 2 is 2.26 bits per heavy atom. The summed E-state index contributed by atoms with van der Waals surface area (Å²) in [5.41, 5.74) is 5.84. The van der Waals surface area contributed by atoms with Crippen LogP contribution in [-0.2, 0) is 11.2 Å². The first-order valence-corrected chi connectivity index (χ1v) is 6.83. The van der Waals surface area contributed by atoms with Crippen LogP contribution in [0.4, 0.5) is 11.6 Å². The van der Waals surface area contributed by atoms with Gasteiger partial charge in [0, 0.05) is 25.6 Å². The van der Waals surface area contributed by atoms with Crippen LogP contribution in [0.25, 0.3) is 0 Å². The van der Waals surface area contributed by atoms with Crippen molar-refractivity contribution >= 4 is 17.5 Å². The topological polar surface area (TPSA) is 84.1 Å². The molecule has 2 rings (SSSR count). The molecule has 1 aromatic rings. The molecule has 19 heavy (non-hydrogen) atoms. The molecule has 2 heterocycles. The first kappa shape index (κ1) is 13.6. The van der Waals surface area contributed by atoms with Crippen molar-refractivity contribution in [3.05, 3.63) is 11.9 Å². The van der Waals surface area contributed by atoms with Gasteiger partial charge >= 0.3 is 0 Å². The van der Waals surface area contributed by atoms with Gasteiger partial charge < -0.3 is 16.0 Å². The standard InChI is InChI=1S/C13H21N5O/c1-3-5-11-16-10(14)8-12(17-11)18-7-6-15-13(19)9(18)4-2/h8-9H,3-7H2,1-2H3,(H,15,19)(H2,14,16,17). The van der Waals surface area contributed by atoms with Gasteiger partial charge in [-0.25, -0.2) is 9.97 Å². The van der Waals surface area contributed by atoms with Gasteiger partial charge in [-0.05, 0) is 12.8 Å². The number of nitrogens with two attached hydrogens (primary N) is 1. The van der Waals surface area contributed by atoms with Gasteiger partial charge in [0.05, 0.1) is 0 Å². The fraction of sp³-hybridized carbons (Fsp3) is 0.615. The number of nitrogen functional groups attached to an aromatic ring is 1. The number of nitrogens with one attached hydrogen (secondary N) is 1. The summed E-state index contributed by atoms with van der Waals surface area (Å²) in [4.78, 5) is 22.7. The average Bonchev–Trinajstić information content (AvgIpc) is 2.38. The van der Waals surface area contributed by atoms with E-state index in [-0.39, 0.29) is 11.9 Å². The van der Waals surface area contributed by atoms with Crippen molar-refractivity contribution in [1.29, 1.82) is 0 Å². The lowest BCUT2D eigenvalue weighted by atomic mass is 10.1. The minimum Gasteiger partial charge on any atom is -0.384 e. The molecule has 0 saturated carbocycles. The van der Waals surface area contributed by atoms with Crippen molar-refractivity contribution in [3.8, 4) is 0 Å². The van der Waals surface area contributed by atoms with Crippen molar-refractivity contribution in [2.24, 2.45) is 0 Å². The quantitative estimate of drug-likeness (QED) is 0.836. The van der Waals surface area contributed by atoms with E-state index in [1.165, 1.54) is 0 Å². The molecular weight excluding hydrogens is 242 g/mol. The lowest BCUT2D eigenvalue weighted by molar-refractivity contribution is -0.123. The molecule has 1 saturated heterocycles. The minimum atomic E-state index is -0.169. The molecule has 1 aromatic heterocycles. The second-order valence-corrected chi connectivity index (χ2v) is 4.73. The predicted molar refractivity (Wildman–Crippen MR) is 74.9 cm³/mol. The number of carbonyl (C=O) groups is 1. The first-order valence-electron chi connectivity index (χ1n) is 6.83. The molecule has 1 atom stereocenters. The summed E-state index contributed by atoms with van der Waals surface area (Å²) < 4.78 is 0. The fourth-order valence-corrected chi connectivity index (χ4v) is 2.38. The van der Waals surface area contributed by atoms with E-state index in [0.717, 1.165) is 37.4 Å². The molecule has 1 aliphatic heterocycles. The van der Waals surface area contributed by atoms with Gasteiger partial charge in [-0.3, -0.25) is 4.79 Å². The summed E-state index contributed by atoms with van der Waals surface area (Å²) in [6.45, 7) is 5.48. The van der Waals surface area contributed by atoms with E-state index in [0.29, 0.717) is 12.4 Å². The number of anilines is 2. The second kappa shape index (κ2) is 5.86. The van der Waals surface area contributed by atoms with Crippen LogP contribution in [0.5, 0.6) is 0 Å². The van der Waals surface area contributed by atoms with Crippen molar-refractivity contribution in [1.82, 2.24) is 15.3 Å². The van der Waals surface area contributed by atoms with Crippen LogP contribution in [0, 0.1) is 0 Å². The Labute approximate surface area is 113 Å². The second-order valence-electron chi connectivity index (χ2n) is 4.73. The zero-order chi connectivity index (χ0) is 13.8. The van der Waals surface area contributed by atoms with Gasteiger partial charge in [0.2, 0.25) is 5.91 Å². The lowest BCUT2D eigenvalue weighted by Crippen LogP contribution is -2.55. The zero-order valence-electron chi connectivity index (χ0n) is 11.5. The van der Waals surface area contributed by atoms with E-state index >= 15 is 0 Å². The molecule has 0 aromatic carbocycles. The number of nitrogens with zero attached hydrogens (tertiary/aromatic N) is 3. The molecule has 104 valence electrons. The summed E-state index contributed by atoms with van der Waals surface area (Å²) in [6, 6.07) is 1.58. The number of hydrogen-bond acceptors (Lipinski definition) is 5. The maximum Gasteiger partial charge on any atom is 0.242 e. The normalized spacial score (nSPS) is 19.4. The summed E-state index contributed by atoms with van der Waals surface area (Å²) in [7, 11) is 0. The van der Waals surface area contributed by atoms with Gasteiger partial charge in [-0.2, -0.15) is 0 Å². The molecule has 0 radical (unpaired) electrons. The van der Waals surface area contributed by atoms with Crippen LogP contribution in [0.3, 0.4) is 0 Å². The molecule has 1 unspecified atom stereocenters. The van der Waals surface area contributed by atoms with Crippen molar-refractivity contribution in [2.45, 2.75) is 39.2 Å². The number of piperazine rings is 1. The van der Waals surface area contributed by atoms with Crippen molar-refractivity contribution < 1.29 is 4.79 Å². The molecule has 6 heteroatoms. The number of carbonyl (C=O) groups excluding carboxylic acids is 1. The summed E-state index contributed by atoms with van der Waals surface area (Å²) >= 11 is 0. The van der Waals surface area contributed by atoms with Crippen LogP contribution in [0.15, 0.2) is 6.07 Å². The molecule has 3 N–H and O–H groups in total. The highest BCUT2D eigenvalue weighted by atomic mass is 16.2. The molecular formula is C13H21N5O. The number of aryl methyl sites for hydroxylation is 1. The molecule has 0 bridgehead atoms. The Morgan fingerprint density at radius 3 is 2.95 bits per heavy atom. The van der Waals surface area contributed by atoms with Gasteiger partial charge in [0.25, 0.3) is 0 Å². The van der Waals surface area contributed by atoms with Crippen LogP contribution in [0.1, 0.15) is 32.5 Å². The van der Waals surface area contributed by atoms with E-state index in [9.17, 15) is 4.79 Å². The van der Waals surface area contributed by atoms with E-state index in [1.54, 1.807) is 6.07 Å². The minimum absolute atomic E-state index is 0.0583. The van der Waals surface area contributed by atoms with Crippen LogP contribution in [0.2, 0.25) is 0 Å². The van der Waals surface area contributed by atoms with E-state index < -0.39 is 0 Å². The Balaban J connectivity index is 2.31.